The summed E-state index contributed by atoms with van der Waals surface area (Å²) < 4.78 is 0. The molecule has 0 spiro atoms. The molecule has 5 rings (SSSR count). The van der Waals surface area contributed by atoms with E-state index in [-0.39, 0.29) is 18.0 Å². The summed E-state index contributed by atoms with van der Waals surface area (Å²) in [5, 5.41) is 5.90. The predicted octanol–water partition coefficient (Wildman–Crippen LogP) is 6.42. The number of aryl methyl sites for hydroxylation is 1. The number of nitrogens with one attached hydrogen (secondary N) is 1. The van der Waals surface area contributed by atoms with Crippen molar-refractivity contribution in [2.24, 2.45) is 0 Å². The van der Waals surface area contributed by atoms with Gasteiger partial charge in [-0.1, -0.05) is 30.7 Å². The van der Waals surface area contributed by atoms with Crippen molar-refractivity contribution in [1.82, 2.24) is 4.90 Å². The van der Waals surface area contributed by atoms with E-state index in [1.807, 2.05) is 52.3 Å². The largest absolute Gasteiger partial charge is 0.322 e. The second-order valence-electron chi connectivity index (χ2n) is 8.55. The molecule has 0 bridgehead atoms. The maximum absolute atomic E-state index is 13.2. The molecule has 3 amide bonds. The highest BCUT2D eigenvalue weighted by Gasteiger charge is 2.31. The zero-order valence-corrected chi connectivity index (χ0v) is 20.1. The fourth-order valence-corrected chi connectivity index (χ4v) is 5.91. The topological polar surface area (TPSA) is 52.7 Å². The molecule has 7 heteroatoms. The van der Waals surface area contributed by atoms with E-state index in [0.717, 1.165) is 41.9 Å². The van der Waals surface area contributed by atoms with Gasteiger partial charge in [-0.3, -0.25) is 4.79 Å². The Labute approximate surface area is 203 Å². The van der Waals surface area contributed by atoms with Crippen LogP contribution in [0.1, 0.15) is 47.4 Å². The summed E-state index contributed by atoms with van der Waals surface area (Å²) >= 11 is 7.78. The minimum Gasteiger partial charge on any atom is -0.317 e. The Bertz CT molecular complexity index is 1190. The number of hydrogen-bond donors (Lipinski definition) is 1. The second kappa shape index (κ2) is 9.20. The summed E-state index contributed by atoms with van der Waals surface area (Å²) in [6, 6.07) is 15.6. The molecule has 2 aliphatic rings. The molecule has 0 aliphatic carbocycles. The lowest BCUT2D eigenvalue weighted by Crippen LogP contribution is -2.42. The first-order valence-corrected chi connectivity index (χ1v) is 12.6. The Morgan fingerprint density at radius 1 is 1.12 bits per heavy atom. The van der Waals surface area contributed by atoms with E-state index in [1.165, 1.54) is 10.4 Å². The van der Waals surface area contributed by atoms with Crippen molar-refractivity contribution in [2.75, 3.05) is 16.8 Å². The SMILES string of the molecule is CCC1c2ccsc2CCN1C(=O)Nc1ccc2c(c1)CCC(=O)N2Cc1ccc(Cl)cc1. The van der Waals surface area contributed by atoms with Crippen LogP contribution in [0.5, 0.6) is 0 Å². The highest BCUT2D eigenvalue weighted by atomic mass is 35.5. The quantitative estimate of drug-likeness (QED) is 0.469. The smallest absolute Gasteiger partial charge is 0.317 e. The minimum atomic E-state index is -0.0662. The first-order chi connectivity index (χ1) is 16.0. The molecule has 2 aliphatic heterocycles. The molecule has 1 N–H and O–H groups in total. The monoisotopic (exact) mass is 479 g/mol. The summed E-state index contributed by atoms with van der Waals surface area (Å²) in [6.07, 6.45) is 2.93. The van der Waals surface area contributed by atoms with Crippen molar-refractivity contribution in [3.63, 3.8) is 0 Å². The van der Waals surface area contributed by atoms with Crippen LogP contribution in [0.4, 0.5) is 16.2 Å². The van der Waals surface area contributed by atoms with Crippen LogP contribution in [0.15, 0.2) is 53.9 Å². The molecule has 0 saturated heterocycles. The van der Waals surface area contributed by atoms with Crippen LogP contribution in [-0.4, -0.2) is 23.4 Å². The van der Waals surface area contributed by atoms with Crippen LogP contribution >= 0.6 is 22.9 Å². The van der Waals surface area contributed by atoms with Crippen LogP contribution in [0.2, 0.25) is 5.02 Å². The maximum Gasteiger partial charge on any atom is 0.322 e. The summed E-state index contributed by atoms with van der Waals surface area (Å²) in [5.41, 5.74) is 5.07. The molecule has 0 radical (unpaired) electrons. The number of anilines is 2. The van der Waals surface area contributed by atoms with Crippen LogP contribution < -0.4 is 10.2 Å². The van der Waals surface area contributed by atoms with Crippen molar-refractivity contribution in [2.45, 2.75) is 45.2 Å². The standard InChI is InChI=1S/C26H26ClN3O2S/c1-2-22-21-12-14-33-24(21)11-13-29(22)26(32)28-20-8-9-23-18(15-20)5-10-25(31)30(23)16-17-3-6-19(27)7-4-17/h3-4,6-9,12,14-15,22H,2,5,10-11,13,16H2,1H3,(H,28,32). The highest BCUT2D eigenvalue weighted by molar-refractivity contribution is 7.10. The number of hydrogen-bond acceptors (Lipinski definition) is 3. The van der Waals surface area contributed by atoms with Gasteiger partial charge >= 0.3 is 6.03 Å². The van der Waals surface area contributed by atoms with Gasteiger partial charge in [-0.25, -0.2) is 4.79 Å². The van der Waals surface area contributed by atoms with Gasteiger partial charge in [-0.15, -0.1) is 11.3 Å². The Morgan fingerprint density at radius 3 is 2.73 bits per heavy atom. The van der Waals surface area contributed by atoms with Crippen LogP contribution in [0, 0.1) is 0 Å². The van der Waals surface area contributed by atoms with Gasteiger partial charge in [0.1, 0.15) is 0 Å². The van der Waals surface area contributed by atoms with Gasteiger partial charge in [-0.2, -0.15) is 0 Å². The van der Waals surface area contributed by atoms with Gasteiger partial charge < -0.3 is 15.1 Å². The number of amides is 3. The zero-order valence-electron chi connectivity index (χ0n) is 18.5. The van der Waals surface area contributed by atoms with E-state index in [1.54, 1.807) is 11.3 Å². The summed E-state index contributed by atoms with van der Waals surface area (Å²) in [4.78, 5) is 31.0. The van der Waals surface area contributed by atoms with Crippen molar-refractivity contribution < 1.29 is 9.59 Å². The molecule has 1 unspecified atom stereocenters. The number of thiophene rings is 1. The number of halogens is 1. The van der Waals surface area contributed by atoms with Crippen molar-refractivity contribution >= 4 is 46.3 Å². The van der Waals surface area contributed by atoms with Gasteiger partial charge in [0.25, 0.3) is 0 Å². The number of rotatable bonds is 4. The molecule has 5 nitrogen and oxygen atoms in total. The van der Waals surface area contributed by atoms with E-state index in [9.17, 15) is 9.59 Å². The number of carbonyl (C=O) groups is 2. The number of fused-ring (bicyclic) bond motifs is 2. The van der Waals surface area contributed by atoms with Gasteiger partial charge in [0.15, 0.2) is 0 Å². The Morgan fingerprint density at radius 2 is 1.94 bits per heavy atom. The van der Waals surface area contributed by atoms with Crippen molar-refractivity contribution in [1.29, 1.82) is 0 Å². The first kappa shape index (κ1) is 22.0. The molecule has 3 aromatic rings. The number of benzene rings is 2. The summed E-state index contributed by atoms with van der Waals surface area (Å²) in [5.74, 6) is 0.111. The molecular formula is C26H26ClN3O2S. The lowest BCUT2D eigenvalue weighted by atomic mass is 9.98. The van der Waals surface area contributed by atoms with E-state index in [4.69, 9.17) is 11.6 Å². The molecular weight excluding hydrogens is 454 g/mol. The molecule has 170 valence electrons. The van der Waals surface area contributed by atoms with E-state index in [2.05, 4.69) is 23.7 Å². The third-order valence-corrected chi connectivity index (χ3v) is 7.78. The fraction of sp³-hybridized carbons (Fsp3) is 0.308. The average Bonchev–Trinajstić information content (AvgIpc) is 3.30. The van der Waals surface area contributed by atoms with Gasteiger partial charge in [-0.05, 0) is 77.7 Å². The maximum atomic E-state index is 13.2. The van der Waals surface area contributed by atoms with Gasteiger partial charge in [0.05, 0.1) is 12.6 Å². The predicted molar refractivity (Wildman–Crippen MR) is 134 cm³/mol. The molecule has 1 atom stereocenters. The lowest BCUT2D eigenvalue weighted by molar-refractivity contribution is -0.119. The number of urea groups is 1. The third kappa shape index (κ3) is 4.37. The van der Waals surface area contributed by atoms with Crippen molar-refractivity contribution in [3.8, 4) is 0 Å². The Balaban J connectivity index is 1.33. The normalized spacial score (nSPS) is 17.5. The van der Waals surface area contributed by atoms with E-state index < -0.39 is 0 Å². The van der Waals surface area contributed by atoms with Crippen LogP contribution in [0.3, 0.4) is 0 Å². The molecule has 0 saturated carbocycles. The molecule has 2 aromatic carbocycles. The second-order valence-corrected chi connectivity index (χ2v) is 9.98. The molecule has 3 heterocycles. The molecule has 1 aromatic heterocycles. The Hall–Kier alpha value is -2.83. The van der Waals surface area contributed by atoms with Crippen molar-refractivity contribution in [3.05, 3.63) is 80.5 Å². The summed E-state index contributed by atoms with van der Waals surface area (Å²) in [7, 11) is 0. The average molecular weight is 480 g/mol. The fourth-order valence-electron chi connectivity index (χ4n) is 4.86. The molecule has 33 heavy (non-hydrogen) atoms. The highest BCUT2D eigenvalue weighted by Crippen LogP contribution is 2.36. The third-order valence-electron chi connectivity index (χ3n) is 6.53. The molecule has 0 fully saturated rings. The van der Waals surface area contributed by atoms with Crippen LogP contribution in [-0.2, 0) is 24.2 Å². The van der Waals surface area contributed by atoms with Gasteiger partial charge in [0.2, 0.25) is 5.91 Å². The lowest BCUT2D eigenvalue weighted by Gasteiger charge is -2.35. The van der Waals surface area contributed by atoms with E-state index in [0.29, 0.717) is 24.4 Å². The zero-order chi connectivity index (χ0) is 22.9. The summed E-state index contributed by atoms with van der Waals surface area (Å²) in [6.45, 7) is 3.36. The van der Waals surface area contributed by atoms with Crippen LogP contribution in [0.25, 0.3) is 0 Å². The minimum absolute atomic E-state index is 0.0662. The number of carbonyl (C=O) groups excluding carboxylic acids is 2. The van der Waals surface area contributed by atoms with E-state index >= 15 is 0 Å². The first-order valence-electron chi connectivity index (χ1n) is 11.3. The van der Waals surface area contributed by atoms with Gasteiger partial charge in [0, 0.05) is 34.2 Å². The Kier molecular flexibility index (Phi) is 6.13. The number of nitrogens with zero attached hydrogens (tertiary/aromatic N) is 2.